The van der Waals surface area contributed by atoms with E-state index >= 15 is 0 Å². The monoisotopic (exact) mass is 470 g/mol. The molecule has 0 amide bonds. The first-order valence-corrected chi connectivity index (χ1v) is 10.7. The molecule has 0 saturated heterocycles. The lowest BCUT2D eigenvalue weighted by Gasteiger charge is -2.29. The van der Waals surface area contributed by atoms with Crippen LogP contribution in [-0.4, -0.2) is 0 Å². The zero-order chi connectivity index (χ0) is 19.0. The van der Waals surface area contributed by atoms with E-state index in [1.807, 2.05) is 0 Å². The van der Waals surface area contributed by atoms with Gasteiger partial charge in [-0.05, 0) is 60.3 Å². The van der Waals surface area contributed by atoms with E-state index in [1.165, 1.54) is 43.4 Å². The van der Waals surface area contributed by atoms with E-state index in [-0.39, 0.29) is 10.8 Å². The fourth-order valence-corrected chi connectivity index (χ4v) is 5.58. The van der Waals surface area contributed by atoms with E-state index in [0.717, 1.165) is 8.95 Å². The summed E-state index contributed by atoms with van der Waals surface area (Å²) in [5.74, 6) is 0. The Balaban J connectivity index is 2.38. The van der Waals surface area contributed by atoms with Gasteiger partial charge >= 0.3 is 0 Å². The van der Waals surface area contributed by atoms with E-state index in [1.54, 1.807) is 0 Å². The van der Waals surface area contributed by atoms with Gasteiger partial charge in [0.05, 0.1) is 0 Å². The van der Waals surface area contributed by atoms with E-state index in [4.69, 9.17) is 0 Å². The summed E-state index contributed by atoms with van der Waals surface area (Å²) in [4.78, 5) is 0. The van der Waals surface area contributed by atoms with Gasteiger partial charge in [-0.3, -0.25) is 0 Å². The maximum atomic E-state index is 3.78. The lowest BCUT2D eigenvalue weighted by Crippen LogP contribution is -2.17. The Labute approximate surface area is 172 Å². The van der Waals surface area contributed by atoms with Gasteiger partial charge in [-0.1, -0.05) is 104 Å². The molecule has 0 aromatic heterocycles. The normalized spacial score (nSPS) is 13.4. The predicted octanol–water partition coefficient (Wildman–Crippen LogP) is 8.70. The van der Waals surface area contributed by atoms with Crippen LogP contribution in [0.1, 0.15) is 52.7 Å². The lowest BCUT2D eigenvalue weighted by molar-refractivity contribution is 0.576. The van der Waals surface area contributed by atoms with Gasteiger partial charge in [-0.15, -0.1) is 0 Å². The van der Waals surface area contributed by atoms with E-state index in [0.29, 0.717) is 0 Å². The van der Waals surface area contributed by atoms with Gasteiger partial charge in [0.15, 0.2) is 0 Å². The molecule has 0 aliphatic carbocycles. The highest BCUT2D eigenvalue weighted by Crippen LogP contribution is 2.46. The van der Waals surface area contributed by atoms with Gasteiger partial charge in [0.1, 0.15) is 0 Å². The van der Waals surface area contributed by atoms with Crippen molar-refractivity contribution in [3.05, 3.63) is 56.5 Å². The fourth-order valence-electron chi connectivity index (χ4n) is 4.15. The van der Waals surface area contributed by atoms with Gasteiger partial charge in [-0.25, -0.2) is 0 Å². The van der Waals surface area contributed by atoms with Crippen molar-refractivity contribution in [1.29, 1.82) is 0 Å². The molecular formula is C24H24Br2. The number of rotatable bonds is 0. The first-order valence-electron chi connectivity index (χ1n) is 9.10. The smallest absolute Gasteiger partial charge is 0.0265 e. The molecule has 0 saturated carbocycles. The zero-order valence-corrected chi connectivity index (χ0v) is 19.4. The molecule has 4 rings (SSSR count). The van der Waals surface area contributed by atoms with Crippen molar-refractivity contribution in [3.8, 4) is 0 Å². The average molecular weight is 472 g/mol. The second-order valence-electron chi connectivity index (χ2n) is 9.38. The van der Waals surface area contributed by atoms with Crippen molar-refractivity contribution in [1.82, 2.24) is 0 Å². The van der Waals surface area contributed by atoms with Crippen molar-refractivity contribution < 1.29 is 0 Å². The summed E-state index contributed by atoms with van der Waals surface area (Å²) in [6.07, 6.45) is 0. The maximum Gasteiger partial charge on any atom is 0.0265 e. The number of hydrogen-bond acceptors (Lipinski definition) is 0. The third-order valence-corrected chi connectivity index (χ3v) is 6.73. The van der Waals surface area contributed by atoms with E-state index in [9.17, 15) is 0 Å². The standard InChI is InChI=1S/C24H24Br2/c1-23(2,3)17-11-18(24(4,5)6)14-8-10-16-20(26)12-19(25)15-9-7-13(17)21(14)22(15)16/h7-12H,1-6H3. The van der Waals surface area contributed by atoms with Crippen LogP contribution in [0.2, 0.25) is 0 Å². The Kier molecular flexibility index (Phi) is 3.99. The van der Waals surface area contributed by atoms with Crippen LogP contribution in [0, 0.1) is 0 Å². The zero-order valence-electron chi connectivity index (χ0n) is 16.2. The Hall–Kier alpha value is -1.12. The predicted molar refractivity (Wildman–Crippen MR) is 123 cm³/mol. The van der Waals surface area contributed by atoms with Crippen molar-refractivity contribution in [2.24, 2.45) is 0 Å². The van der Waals surface area contributed by atoms with Crippen molar-refractivity contribution in [3.63, 3.8) is 0 Å². The van der Waals surface area contributed by atoms with E-state index in [2.05, 4.69) is 110 Å². The van der Waals surface area contributed by atoms with Gasteiger partial charge < -0.3 is 0 Å². The van der Waals surface area contributed by atoms with Gasteiger partial charge in [-0.2, -0.15) is 0 Å². The molecule has 0 atom stereocenters. The molecule has 4 aromatic carbocycles. The minimum atomic E-state index is 0.0940. The third kappa shape index (κ3) is 2.60. The lowest BCUT2D eigenvalue weighted by atomic mass is 9.75. The van der Waals surface area contributed by atoms with Gasteiger partial charge in [0.25, 0.3) is 0 Å². The Morgan fingerprint density at radius 2 is 0.885 bits per heavy atom. The molecule has 0 heterocycles. The van der Waals surface area contributed by atoms with Gasteiger partial charge in [0, 0.05) is 8.95 Å². The van der Waals surface area contributed by atoms with Crippen molar-refractivity contribution in [2.75, 3.05) is 0 Å². The minimum absolute atomic E-state index is 0.0940. The molecule has 4 aromatic rings. The Bertz CT molecular complexity index is 1070. The second kappa shape index (κ2) is 5.69. The third-order valence-electron chi connectivity index (χ3n) is 5.41. The van der Waals surface area contributed by atoms with Crippen molar-refractivity contribution in [2.45, 2.75) is 52.4 Å². The molecule has 0 radical (unpaired) electrons. The molecule has 0 spiro atoms. The number of hydrogen-bond donors (Lipinski definition) is 0. The molecule has 0 unspecified atom stereocenters. The molecule has 0 aliphatic heterocycles. The van der Waals surface area contributed by atoms with Crippen LogP contribution in [0.5, 0.6) is 0 Å². The molecule has 0 N–H and O–H groups in total. The molecular weight excluding hydrogens is 448 g/mol. The molecule has 0 fully saturated rings. The fraction of sp³-hybridized carbons (Fsp3) is 0.333. The Morgan fingerprint density at radius 1 is 0.538 bits per heavy atom. The summed E-state index contributed by atoms with van der Waals surface area (Å²) in [6, 6.07) is 13.8. The van der Waals surface area contributed by atoms with Gasteiger partial charge in [0.2, 0.25) is 0 Å². The minimum Gasteiger partial charge on any atom is -0.0561 e. The number of benzene rings is 4. The van der Waals surface area contributed by atoms with E-state index < -0.39 is 0 Å². The first kappa shape index (κ1) is 18.3. The summed E-state index contributed by atoms with van der Waals surface area (Å²) in [7, 11) is 0. The van der Waals surface area contributed by atoms with Crippen LogP contribution >= 0.6 is 31.9 Å². The van der Waals surface area contributed by atoms with Crippen LogP contribution < -0.4 is 0 Å². The highest BCUT2D eigenvalue weighted by atomic mass is 79.9. The van der Waals surface area contributed by atoms with Crippen LogP contribution in [-0.2, 0) is 10.8 Å². The highest BCUT2D eigenvalue weighted by Gasteiger charge is 2.26. The first-order chi connectivity index (χ1) is 12.0. The average Bonchev–Trinajstić information content (AvgIpc) is 2.52. The van der Waals surface area contributed by atoms with Crippen LogP contribution in [0.4, 0.5) is 0 Å². The van der Waals surface area contributed by atoms with Crippen LogP contribution in [0.25, 0.3) is 32.3 Å². The summed E-state index contributed by atoms with van der Waals surface area (Å²) in [5.41, 5.74) is 3.05. The summed E-state index contributed by atoms with van der Waals surface area (Å²) in [6.45, 7) is 13.9. The summed E-state index contributed by atoms with van der Waals surface area (Å²) < 4.78 is 2.29. The second-order valence-corrected chi connectivity index (χ2v) is 11.1. The van der Waals surface area contributed by atoms with Crippen LogP contribution in [0.15, 0.2) is 45.3 Å². The highest BCUT2D eigenvalue weighted by molar-refractivity contribution is 9.11. The molecule has 0 aliphatic rings. The van der Waals surface area contributed by atoms with Crippen LogP contribution in [0.3, 0.4) is 0 Å². The molecule has 134 valence electrons. The quantitative estimate of drug-likeness (QED) is 0.225. The molecule has 2 heteroatoms. The SMILES string of the molecule is CC(C)(C)c1cc(C(C)(C)C)c2ccc3c(Br)cc(Br)c4ccc1c2c43. The topological polar surface area (TPSA) is 0 Å². The molecule has 26 heavy (non-hydrogen) atoms. The molecule has 0 bridgehead atoms. The summed E-state index contributed by atoms with van der Waals surface area (Å²) >= 11 is 7.56. The number of halogens is 2. The Morgan fingerprint density at radius 3 is 1.27 bits per heavy atom. The molecule has 0 nitrogen and oxygen atoms in total. The van der Waals surface area contributed by atoms with Crippen molar-refractivity contribution >= 4 is 64.2 Å². The largest absolute Gasteiger partial charge is 0.0561 e. The maximum absolute atomic E-state index is 3.78. The summed E-state index contributed by atoms with van der Waals surface area (Å²) in [5, 5.41) is 8.09.